The minimum absolute atomic E-state index is 0.184. The Balaban J connectivity index is 2.33. The fourth-order valence-corrected chi connectivity index (χ4v) is 2.86. The van der Waals surface area contributed by atoms with Crippen molar-refractivity contribution in [3.63, 3.8) is 0 Å². The number of carbonyl (C=O) groups is 1. The highest BCUT2D eigenvalue weighted by Gasteiger charge is 2.33. The van der Waals surface area contributed by atoms with Crippen LogP contribution in [0.1, 0.15) is 40.5 Å². The van der Waals surface area contributed by atoms with Gasteiger partial charge in [-0.1, -0.05) is 6.92 Å². The molecule has 1 fully saturated rings. The highest BCUT2D eigenvalue weighted by molar-refractivity contribution is 5.78. The van der Waals surface area contributed by atoms with Gasteiger partial charge in [0, 0.05) is 32.2 Å². The molecule has 1 rings (SSSR count). The van der Waals surface area contributed by atoms with Gasteiger partial charge in [-0.2, -0.15) is 0 Å². The molecule has 5 heteroatoms. The van der Waals surface area contributed by atoms with Crippen molar-refractivity contribution in [3.8, 4) is 0 Å². The molecule has 0 bridgehead atoms. The van der Waals surface area contributed by atoms with Crippen LogP contribution in [0.25, 0.3) is 0 Å². The number of nitrogens with zero attached hydrogens (tertiary/aromatic N) is 2. The molecule has 0 amide bonds. The largest absolute Gasteiger partial charge is 0.480 e. The predicted octanol–water partition coefficient (Wildman–Crippen LogP) is 1.25. The van der Waals surface area contributed by atoms with Crippen LogP contribution in [-0.4, -0.2) is 71.7 Å². The number of hydrogen-bond acceptors (Lipinski definition) is 4. The first-order chi connectivity index (χ1) is 9.37. The van der Waals surface area contributed by atoms with E-state index in [9.17, 15) is 9.90 Å². The molecule has 0 aliphatic carbocycles. The maximum atomic E-state index is 11.4. The minimum Gasteiger partial charge on any atom is -0.480 e. The van der Waals surface area contributed by atoms with Crippen LogP contribution in [0.2, 0.25) is 0 Å². The molecule has 0 radical (unpaired) electrons. The Labute approximate surface area is 123 Å². The second-order valence-corrected chi connectivity index (χ2v) is 6.32. The summed E-state index contributed by atoms with van der Waals surface area (Å²) in [6.07, 6.45) is 1.60. The molecule has 5 nitrogen and oxygen atoms in total. The summed E-state index contributed by atoms with van der Waals surface area (Å²) in [4.78, 5) is 16.3. The van der Waals surface area contributed by atoms with Crippen LogP contribution >= 0.6 is 0 Å². The van der Waals surface area contributed by atoms with Gasteiger partial charge in [-0.25, -0.2) is 0 Å². The third kappa shape index (κ3) is 5.38. The standard InChI is InChI=1S/C15H31N3O2/c1-5-17-9-11-18(12-10-17)8-6-7-15(4,14(19)20)16-13(2)3/h13,16H,5-12H2,1-4H3,(H,19,20). The van der Waals surface area contributed by atoms with Crippen molar-refractivity contribution >= 4 is 5.97 Å². The average Bonchev–Trinajstić information content (AvgIpc) is 2.38. The molecule has 1 unspecified atom stereocenters. The van der Waals surface area contributed by atoms with E-state index in [0.29, 0.717) is 6.42 Å². The molecule has 2 N–H and O–H groups in total. The summed E-state index contributed by atoms with van der Waals surface area (Å²) in [7, 11) is 0. The number of rotatable bonds is 8. The first-order valence-electron chi connectivity index (χ1n) is 7.83. The van der Waals surface area contributed by atoms with Gasteiger partial charge in [0.25, 0.3) is 0 Å². The van der Waals surface area contributed by atoms with Crippen molar-refractivity contribution in [2.75, 3.05) is 39.3 Å². The third-order valence-corrected chi connectivity index (χ3v) is 4.14. The number of hydrogen-bond donors (Lipinski definition) is 2. The summed E-state index contributed by atoms with van der Waals surface area (Å²) in [5.74, 6) is -0.748. The van der Waals surface area contributed by atoms with E-state index in [4.69, 9.17) is 0 Å². The van der Waals surface area contributed by atoms with Crippen LogP contribution in [0.15, 0.2) is 0 Å². The number of nitrogens with one attached hydrogen (secondary N) is 1. The summed E-state index contributed by atoms with van der Waals surface area (Å²) in [5, 5.41) is 12.6. The van der Waals surface area contributed by atoms with Crippen molar-refractivity contribution in [3.05, 3.63) is 0 Å². The fourth-order valence-electron chi connectivity index (χ4n) is 2.86. The van der Waals surface area contributed by atoms with Crippen molar-refractivity contribution < 1.29 is 9.90 Å². The van der Waals surface area contributed by atoms with Gasteiger partial charge in [0.15, 0.2) is 0 Å². The van der Waals surface area contributed by atoms with E-state index in [-0.39, 0.29) is 6.04 Å². The number of aliphatic carboxylic acids is 1. The Morgan fingerprint density at radius 3 is 2.25 bits per heavy atom. The lowest BCUT2D eigenvalue weighted by Crippen LogP contribution is -2.53. The third-order valence-electron chi connectivity index (χ3n) is 4.14. The Morgan fingerprint density at radius 1 is 1.25 bits per heavy atom. The summed E-state index contributed by atoms with van der Waals surface area (Å²) in [6, 6.07) is 0.184. The zero-order valence-electron chi connectivity index (χ0n) is 13.5. The van der Waals surface area contributed by atoms with Crippen LogP contribution in [0, 0.1) is 0 Å². The first kappa shape index (κ1) is 17.4. The molecule has 1 aliphatic heterocycles. The second-order valence-electron chi connectivity index (χ2n) is 6.32. The van der Waals surface area contributed by atoms with Crippen LogP contribution in [0.5, 0.6) is 0 Å². The van der Waals surface area contributed by atoms with Crippen molar-refractivity contribution in [1.29, 1.82) is 0 Å². The van der Waals surface area contributed by atoms with Gasteiger partial charge >= 0.3 is 5.97 Å². The van der Waals surface area contributed by atoms with E-state index in [1.807, 2.05) is 13.8 Å². The average molecular weight is 285 g/mol. The van der Waals surface area contributed by atoms with Crippen LogP contribution in [0.3, 0.4) is 0 Å². The molecular formula is C15H31N3O2. The van der Waals surface area contributed by atoms with Gasteiger partial charge in [-0.3, -0.25) is 10.1 Å². The highest BCUT2D eigenvalue weighted by atomic mass is 16.4. The molecule has 1 atom stereocenters. The van der Waals surface area contributed by atoms with Crippen LogP contribution < -0.4 is 5.32 Å². The van der Waals surface area contributed by atoms with E-state index < -0.39 is 11.5 Å². The Bertz CT molecular complexity index is 301. The molecule has 20 heavy (non-hydrogen) atoms. The highest BCUT2D eigenvalue weighted by Crippen LogP contribution is 2.15. The monoisotopic (exact) mass is 285 g/mol. The molecule has 0 aromatic carbocycles. The number of carboxylic acids is 1. The van der Waals surface area contributed by atoms with Gasteiger partial charge in [0.05, 0.1) is 0 Å². The molecule has 1 heterocycles. The van der Waals surface area contributed by atoms with Crippen molar-refractivity contribution in [1.82, 2.24) is 15.1 Å². The smallest absolute Gasteiger partial charge is 0.323 e. The fraction of sp³-hybridized carbons (Fsp3) is 0.933. The van der Waals surface area contributed by atoms with Gasteiger partial charge in [0.2, 0.25) is 0 Å². The molecule has 0 saturated carbocycles. The van der Waals surface area contributed by atoms with Crippen molar-refractivity contribution in [2.24, 2.45) is 0 Å². The van der Waals surface area contributed by atoms with E-state index in [2.05, 4.69) is 22.0 Å². The molecule has 0 aromatic heterocycles. The van der Waals surface area contributed by atoms with E-state index >= 15 is 0 Å². The van der Waals surface area contributed by atoms with Gasteiger partial charge in [-0.15, -0.1) is 0 Å². The predicted molar refractivity (Wildman–Crippen MR) is 82.1 cm³/mol. The maximum absolute atomic E-state index is 11.4. The molecule has 118 valence electrons. The Kier molecular flexibility index (Phi) is 6.92. The number of piperazine rings is 1. The summed E-state index contributed by atoms with van der Waals surface area (Å²) in [5.41, 5.74) is -0.806. The first-order valence-corrected chi connectivity index (χ1v) is 7.83. The van der Waals surface area contributed by atoms with E-state index in [1.165, 1.54) is 0 Å². The quantitative estimate of drug-likeness (QED) is 0.703. The van der Waals surface area contributed by atoms with Crippen LogP contribution in [-0.2, 0) is 4.79 Å². The molecular weight excluding hydrogens is 254 g/mol. The lowest BCUT2D eigenvalue weighted by atomic mass is 9.94. The zero-order valence-corrected chi connectivity index (χ0v) is 13.5. The SMILES string of the molecule is CCN1CCN(CCCC(C)(NC(C)C)C(=O)O)CC1. The van der Waals surface area contributed by atoms with Gasteiger partial charge in [-0.05, 0) is 46.7 Å². The summed E-state index contributed by atoms with van der Waals surface area (Å²) < 4.78 is 0. The maximum Gasteiger partial charge on any atom is 0.323 e. The summed E-state index contributed by atoms with van der Waals surface area (Å²) >= 11 is 0. The van der Waals surface area contributed by atoms with Crippen molar-refractivity contribution in [2.45, 2.75) is 52.1 Å². The number of likely N-dealkylation sites (N-methyl/N-ethyl adjacent to an activating group) is 1. The van der Waals surface area contributed by atoms with Gasteiger partial charge < -0.3 is 14.9 Å². The van der Waals surface area contributed by atoms with Crippen LogP contribution in [0.4, 0.5) is 0 Å². The molecule has 1 saturated heterocycles. The number of carboxylic acid groups (broad SMARTS) is 1. The molecule has 0 spiro atoms. The lowest BCUT2D eigenvalue weighted by Gasteiger charge is -2.35. The lowest BCUT2D eigenvalue weighted by molar-refractivity contribution is -0.144. The molecule has 1 aliphatic rings. The molecule has 0 aromatic rings. The zero-order chi connectivity index (χ0) is 15.2. The topological polar surface area (TPSA) is 55.8 Å². The minimum atomic E-state index is -0.806. The van der Waals surface area contributed by atoms with E-state index in [0.717, 1.165) is 45.7 Å². The normalized spacial score (nSPS) is 21.1. The van der Waals surface area contributed by atoms with E-state index in [1.54, 1.807) is 6.92 Å². The Morgan fingerprint density at radius 2 is 1.80 bits per heavy atom. The Hall–Kier alpha value is -0.650. The van der Waals surface area contributed by atoms with Gasteiger partial charge in [0.1, 0.15) is 5.54 Å². The second kappa shape index (κ2) is 7.96. The summed E-state index contributed by atoms with van der Waals surface area (Å²) in [6.45, 7) is 14.6.